The quantitative estimate of drug-likeness (QED) is 0.686. The third kappa shape index (κ3) is 2.09. The summed E-state index contributed by atoms with van der Waals surface area (Å²) >= 11 is 5.73. The summed E-state index contributed by atoms with van der Waals surface area (Å²) in [6, 6.07) is 1.14. The van der Waals surface area contributed by atoms with Crippen LogP contribution in [-0.2, 0) is 4.74 Å². The summed E-state index contributed by atoms with van der Waals surface area (Å²) in [5.41, 5.74) is 0.0436. The number of ether oxygens (including phenoxy) is 2. The molecule has 5 heteroatoms. The lowest BCUT2D eigenvalue weighted by atomic mass is 10.3. The molecule has 0 aromatic carbocycles. The van der Waals surface area contributed by atoms with E-state index in [-0.39, 0.29) is 16.5 Å². The fourth-order valence-corrected chi connectivity index (χ4v) is 0.949. The van der Waals surface area contributed by atoms with Crippen molar-refractivity contribution in [2.24, 2.45) is 0 Å². The van der Waals surface area contributed by atoms with Crippen molar-refractivity contribution in [3.63, 3.8) is 0 Å². The predicted octanol–water partition coefficient (Wildman–Crippen LogP) is 1.53. The number of methoxy groups -OCH3 is 2. The van der Waals surface area contributed by atoms with E-state index in [1.54, 1.807) is 0 Å². The summed E-state index contributed by atoms with van der Waals surface area (Å²) in [6.07, 6.45) is 1.09. The van der Waals surface area contributed by atoms with Crippen LogP contribution >= 0.6 is 11.6 Å². The SMILES string of the molecule is [2H]C([2H])([2H])Oc1cc(Cl)c(C(=O)OC)cn1. The highest BCUT2D eigenvalue weighted by Crippen LogP contribution is 2.19. The minimum Gasteiger partial charge on any atom is -0.481 e. The highest BCUT2D eigenvalue weighted by molar-refractivity contribution is 6.33. The Hall–Kier alpha value is -1.29. The van der Waals surface area contributed by atoms with Crippen LogP contribution < -0.4 is 4.74 Å². The lowest BCUT2D eigenvalue weighted by Gasteiger charge is -2.03. The molecule has 0 unspecified atom stereocenters. The molecule has 0 fully saturated rings. The zero-order valence-corrected chi connectivity index (χ0v) is 7.46. The van der Waals surface area contributed by atoms with E-state index in [4.69, 9.17) is 15.7 Å². The number of hydrogen-bond donors (Lipinski definition) is 0. The molecule has 13 heavy (non-hydrogen) atoms. The first kappa shape index (κ1) is 6.21. The summed E-state index contributed by atoms with van der Waals surface area (Å²) in [6.45, 7) is 0. The molecule has 0 aliphatic heterocycles. The van der Waals surface area contributed by atoms with Gasteiger partial charge in [-0.1, -0.05) is 11.6 Å². The van der Waals surface area contributed by atoms with Gasteiger partial charge in [0, 0.05) is 12.3 Å². The van der Waals surface area contributed by atoms with Crippen LogP contribution in [0.1, 0.15) is 14.5 Å². The number of hydrogen-bond acceptors (Lipinski definition) is 4. The largest absolute Gasteiger partial charge is 0.481 e. The number of nitrogens with zero attached hydrogens (tertiary/aromatic N) is 1. The van der Waals surface area contributed by atoms with Gasteiger partial charge in [0.2, 0.25) is 5.88 Å². The van der Waals surface area contributed by atoms with Crippen LogP contribution in [0.5, 0.6) is 5.88 Å². The van der Waals surface area contributed by atoms with Crippen molar-refractivity contribution in [2.45, 2.75) is 0 Å². The maximum absolute atomic E-state index is 11.1. The van der Waals surface area contributed by atoms with Crippen molar-refractivity contribution >= 4 is 17.6 Å². The van der Waals surface area contributed by atoms with E-state index in [0.717, 1.165) is 12.3 Å². The van der Waals surface area contributed by atoms with E-state index in [9.17, 15) is 4.79 Å². The second kappa shape index (κ2) is 4.09. The number of esters is 1. The van der Waals surface area contributed by atoms with Crippen LogP contribution in [0.15, 0.2) is 12.3 Å². The second-order valence-corrected chi connectivity index (χ2v) is 2.50. The number of carbonyl (C=O) groups is 1. The third-order valence-electron chi connectivity index (χ3n) is 1.34. The molecule has 0 bridgehead atoms. The van der Waals surface area contributed by atoms with Crippen molar-refractivity contribution in [2.75, 3.05) is 14.1 Å². The molecule has 1 aromatic rings. The summed E-state index contributed by atoms with van der Waals surface area (Å²) < 4.78 is 29.5. The molecule has 0 spiro atoms. The van der Waals surface area contributed by atoms with Gasteiger partial charge in [0.05, 0.1) is 28.8 Å². The van der Waals surface area contributed by atoms with Gasteiger partial charge in [-0.3, -0.25) is 0 Å². The molecule has 0 radical (unpaired) electrons. The molecule has 0 aliphatic rings. The normalized spacial score (nSPS) is 13.8. The van der Waals surface area contributed by atoms with E-state index >= 15 is 0 Å². The Morgan fingerprint density at radius 3 is 3.08 bits per heavy atom. The molecule has 0 saturated heterocycles. The van der Waals surface area contributed by atoms with Gasteiger partial charge in [0.1, 0.15) is 0 Å². The number of carbonyl (C=O) groups excluding carboxylic acids is 1. The molecule has 0 amide bonds. The lowest BCUT2D eigenvalue weighted by molar-refractivity contribution is 0.0600. The van der Waals surface area contributed by atoms with Gasteiger partial charge in [0.15, 0.2) is 0 Å². The van der Waals surface area contributed by atoms with Crippen LogP contribution in [0.3, 0.4) is 0 Å². The minimum atomic E-state index is -2.61. The molecular formula is C8H8ClNO3. The summed E-state index contributed by atoms with van der Waals surface area (Å²) in [5.74, 6) is -0.837. The Bertz CT molecular complexity index is 408. The van der Waals surface area contributed by atoms with Crippen molar-refractivity contribution in [1.82, 2.24) is 4.98 Å². The van der Waals surface area contributed by atoms with Crippen molar-refractivity contribution in [3.8, 4) is 5.88 Å². The molecule has 1 rings (SSSR count). The van der Waals surface area contributed by atoms with Crippen LogP contribution in [-0.4, -0.2) is 25.1 Å². The van der Waals surface area contributed by atoms with Crippen LogP contribution in [0.2, 0.25) is 5.02 Å². The Labute approximate surface area is 84.7 Å². The Kier molecular flexibility index (Phi) is 1.95. The summed E-state index contributed by atoms with van der Waals surface area (Å²) in [5, 5.41) is 0.0149. The van der Waals surface area contributed by atoms with Crippen LogP contribution in [0.25, 0.3) is 0 Å². The Balaban J connectivity index is 2.96. The first-order chi connectivity index (χ1) is 7.33. The highest BCUT2D eigenvalue weighted by Gasteiger charge is 2.11. The van der Waals surface area contributed by atoms with Crippen molar-refractivity contribution in [1.29, 1.82) is 0 Å². The molecule has 1 aromatic heterocycles. The Morgan fingerprint density at radius 1 is 1.77 bits per heavy atom. The van der Waals surface area contributed by atoms with Gasteiger partial charge in [-0.2, -0.15) is 0 Å². The first-order valence-corrected chi connectivity index (χ1v) is 3.64. The van der Waals surface area contributed by atoms with Gasteiger partial charge in [-0.25, -0.2) is 9.78 Å². The number of pyridine rings is 1. The fourth-order valence-electron chi connectivity index (χ4n) is 0.729. The van der Waals surface area contributed by atoms with Crippen LogP contribution in [0.4, 0.5) is 0 Å². The molecule has 4 nitrogen and oxygen atoms in total. The van der Waals surface area contributed by atoms with Gasteiger partial charge in [-0.05, 0) is 0 Å². The van der Waals surface area contributed by atoms with Crippen LogP contribution in [0, 0.1) is 0 Å². The minimum absolute atomic E-state index is 0.0149. The fraction of sp³-hybridized carbons (Fsp3) is 0.250. The van der Waals surface area contributed by atoms with Gasteiger partial charge >= 0.3 is 5.97 Å². The monoisotopic (exact) mass is 204 g/mol. The standard InChI is InChI=1S/C8H8ClNO3/c1-12-7-3-6(9)5(4-10-7)8(11)13-2/h3-4H,1-2H3/i1D3. The predicted molar refractivity (Wildman–Crippen MR) is 47.1 cm³/mol. The second-order valence-electron chi connectivity index (χ2n) is 2.10. The van der Waals surface area contributed by atoms with E-state index < -0.39 is 13.0 Å². The van der Waals surface area contributed by atoms with E-state index in [1.807, 2.05) is 0 Å². The maximum Gasteiger partial charge on any atom is 0.340 e. The molecule has 0 aliphatic carbocycles. The number of rotatable bonds is 2. The summed E-state index contributed by atoms with van der Waals surface area (Å²) in [4.78, 5) is 14.8. The van der Waals surface area contributed by atoms with E-state index in [2.05, 4.69) is 14.5 Å². The zero-order valence-electron chi connectivity index (χ0n) is 9.70. The topological polar surface area (TPSA) is 48.4 Å². The molecule has 0 atom stereocenters. The molecule has 1 heterocycles. The number of halogens is 1. The molecule has 0 N–H and O–H groups in total. The average molecular weight is 205 g/mol. The summed E-state index contributed by atoms with van der Waals surface area (Å²) in [7, 11) is -1.41. The Morgan fingerprint density at radius 2 is 2.54 bits per heavy atom. The van der Waals surface area contributed by atoms with Crippen molar-refractivity contribution in [3.05, 3.63) is 22.8 Å². The van der Waals surface area contributed by atoms with Crippen molar-refractivity contribution < 1.29 is 18.4 Å². The first-order valence-electron chi connectivity index (χ1n) is 4.76. The van der Waals surface area contributed by atoms with Gasteiger partial charge in [0.25, 0.3) is 0 Å². The zero-order chi connectivity index (χ0) is 12.3. The molecule has 0 saturated carbocycles. The van der Waals surface area contributed by atoms with E-state index in [0.29, 0.717) is 0 Å². The van der Waals surface area contributed by atoms with Gasteiger partial charge in [-0.15, -0.1) is 0 Å². The van der Waals surface area contributed by atoms with Gasteiger partial charge < -0.3 is 9.47 Å². The highest BCUT2D eigenvalue weighted by atomic mass is 35.5. The molecular weight excluding hydrogens is 194 g/mol. The van der Waals surface area contributed by atoms with E-state index in [1.165, 1.54) is 7.11 Å². The number of aromatic nitrogens is 1. The molecule has 70 valence electrons. The average Bonchev–Trinajstić information content (AvgIpc) is 2.14. The maximum atomic E-state index is 11.1. The lowest BCUT2D eigenvalue weighted by Crippen LogP contribution is -2.03. The smallest absolute Gasteiger partial charge is 0.340 e. The third-order valence-corrected chi connectivity index (χ3v) is 1.65.